The number of aromatic nitrogens is 1. The van der Waals surface area contributed by atoms with Gasteiger partial charge in [-0.05, 0) is 25.0 Å². The number of hydrogen-bond donors (Lipinski definition) is 1. The molecule has 112 valence electrons. The van der Waals surface area contributed by atoms with Crippen LogP contribution in [0, 0.1) is 11.8 Å². The lowest BCUT2D eigenvalue weighted by molar-refractivity contribution is 0.0359. The molecule has 1 N–H and O–H groups in total. The number of nitrogens with zero attached hydrogens (tertiary/aromatic N) is 2. The molecule has 0 unspecified atom stereocenters. The lowest BCUT2D eigenvalue weighted by Gasteiger charge is -2.30. The number of carbonyl (C=O) groups is 1. The Morgan fingerprint density at radius 1 is 1.48 bits per heavy atom. The number of carbonyl (C=O) groups excluding carboxylic acids is 1. The third kappa shape index (κ3) is 4.28. The predicted octanol–water partition coefficient (Wildman–Crippen LogP) is 1.07. The van der Waals surface area contributed by atoms with E-state index in [1.54, 1.807) is 23.2 Å². The molecule has 1 aromatic rings. The van der Waals surface area contributed by atoms with Gasteiger partial charge in [0.15, 0.2) is 0 Å². The van der Waals surface area contributed by atoms with Gasteiger partial charge in [-0.15, -0.1) is 0 Å². The first-order valence-electron chi connectivity index (χ1n) is 7.13. The lowest BCUT2D eigenvalue weighted by atomic mass is 10.1. The molecule has 21 heavy (non-hydrogen) atoms. The van der Waals surface area contributed by atoms with Crippen molar-refractivity contribution in [2.45, 2.75) is 25.3 Å². The standard InChI is InChI=1S/C16H20N2O3/c1-18(14-7-10-21-11-8-14)16(20)15-6-5-13(12-17-15)4-2-3-9-19/h5-6,12,14,19H,3,7-11H2,1H3. The number of rotatable bonds is 3. The summed E-state index contributed by atoms with van der Waals surface area (Å²) in [6.45, 7) is 1.46. The number of aliphatic hydroxyl groups is 1. The first-order valence-corrected chi connectivity index (χ1v) is 7.13. The van der Waals surface area contributed by atoms with Gasteiger partial charge in [-0.25, -0.2) is 4.98 Å². The fraction of sp³-hybridized carbons (Fsp3) is 0.500. The topological polar surface area (TPSA) is 62.7 Å². The molecule has 5 heteroatoms. The summed E-state index contributed by atoms with van der Waals surface area (Å²) < 4.78 is 5.31. The van der Waals surface area contributed by atoms with Crippen LogP contribution in [0.1, 0.15) is 35.3 Å². The van der Waals surface area contributed by atoms with E-state index in [1.165, 1.54) is 0 Å². The molecule has 1 aliphatic heterocycles. The molecule has 0 radical (unpaired) electrons. The van der Waals surface area contributed by atoms with Crippen LogP contribution in [0.4, 0.5) is 0 Å². The van der Waals surface area contributed by atoms with Crippen molar-refractivity contribution in [2.24, 2.45) is 0 Å². The molecule has 0 bridgehead atoms. The molecule has 0 aliphatic carbocycles. The van der Waals surface area contributed by atoms with Crippen molar-refractivity contribution in [3.63, 3.8) is 0 Å². The molecular formula is C16H20N2O3. The van der Waals surface area contributed by atoms with Crippen molar-refractivity contribution in [3.05, 3.63) is 29.6 Å². The summed E-state index contributed by atoms with van der Waals surface area (Å²) in [5.74, 6) is 5.64. The number of aliphatic hydroxyl groups excluding tert-OH is 1. The Morgan fingerprint density at radius 2 is 2.24 bits per heavy atom. The van der Waals surface area contributed by atoms with Gasteiger partial charge in [0.25, 0.3) is 5.91 Å². The normalized spacial score (nSPS) is 15.1. The molecule has 1 aromatic heterocycles. The van der Waals surface area contributed by atoms with Crippen molar-refractivity contribution in [3.8, 4) is 11.8 Å². The Bertz CT molecular complexity index is 525. The van der Waals surface area contributed by atoms with Crippen LogP contribution in [0.15, 0.2) is 18.3 Å². The Balaban J connectivity index is 2.00. The van der Waals surface area contributed by atoms with Crippen LogP contribution < -0.4 is 0 Å². The van der Waals surface area contributed by atoms with E-state index in [1.807, 2.05) is 7.05 Å². The minimum atomic E-state index is -0.0724. The van der Waals surface area contributed by atoms with Crippen LogP contribution in [0.5, 0.6) is 0 Å². The summed E-state index contributed by atoms with van der Waals surface area (Å²) in [7, 11) is 1.81. The highest BCUT2D eigenvalue weighted by molar-refractivity contribution is 5.92. The fourth-order valence-corrected chi connectivity index (χ4v) is 2.23. The minimum Gasteiger partial charge on any atom is -0.395 e. The molecule has 5 nitrogen and oxygen atoms in total. The fourth-order valence-electron chi connectivity index (χ4n) is 2.23. The molecule has 2 rings (SSSR count). The van der Waals surface area contributed by atoms with Crippen molar-refractivity contribution in [1.82, 2.24) is 9.88 Å². The molecule has 1 aliphatic rings. The zero-order chi connectivity index (χ0) is 15.1. The SMILES string of the molecule is CN(C(=O)c1ccc(C#CCCO)cn1)C1CCOCC1. The van der Waals surface area contributed by atoms with Crippen LogP contribution in [0.25, 0.3) is 0 Å². The minimum absolute atomic E-state index is 0.0485. The first-order chi connectivity index (χ1) is 10.2. The summed E-state index contributed by atoms with van der Waals surface area (Å²) in [5, 5.41) is 8.67. The average Bonchev–Trinajstić information content (AvgIpc) is 2.55. The van der Waals surface area contributed by atoms with Crippen molar-refractivity contribution in [1.29, 1.82) is 0 Å². The van der Waals surface area contributed by atoms with Gasteiger partial charge >= 0.3 is 0 Å². The average molecular weight is 288 g/mol. The van der Waals surface area contributed by atoms with Crippen LogP contribution in [-0.2, 0) is 4.74 Å². The lowest BCUT2D eigenvalue weighted by Crippen LogP contribution is -2.40. The second kappa shape index (κ2) is 7.77. The largest absolute Gasteiger partial charge is 0.395 e. The van der Waals surface area contributed by atoms with Crippen LogP contribution in [-0.4, -0.2) is 53.8 Å². The molecule has 1 fully saturated rings. The second-order valence-electron chi connectivity index (χ2n) is 4.97. The maximum absolute atomic E-state index is 12.4. The van der Waals surface area contributed by atoms with Crippen molar-refractivity contribution in [2.75, 3.05) is 26.9 Å². The van der Waals surface area contributed by atoms with Gasteiger partial charge in [-0.1, -0.05) is 11.8 Å². The Labute approximate surface area is 124 Å². The van der Waals surface area contributed by atoms with Gasteiger partial charge in [0.1, 0.15) is 5.69 Å². The van der Waals surface area contributed by atoms with E-state index in [9.17, 15) is 4.79 Å². The molecule has 0 atom stereocenters. The molecule has 1 amide bonds. The third-order valence-electron chi connectivity index (χ3n) is 3.51. The summed E-state index contributed by atoms with van der Waals surface area (Å²) >= 11 is 0. The van der Waals surface area contributed by atoms with Gasteiger partial charge in [0.2, 0.25) is 0 Å². The molecule has 0 spiro atoms. The number of pyridine rings is 1. The predicted molar refractivity (Wildman–Crippen MR) is 78.8 cm³/mol. The summed E-state index contributed by atoms with van der Waals surface area (Å²) in [6.07, 6.45) is 3.77. The van der Waals surface area contributed by atoms with E-state index in [0.717, 1.165) is 18.4 Å². The molecule has 0 saturated carbocycles. The summed E-state index contributed by atoms with van der Waals surface area (Å²) in [6, 6.07) is 3.70. The Kier molecular flexibility index (Phi) is 5.73. The van der Waals surface area contributed by atoms with E-state index < -0.39 is 0 Å². The van der Waals surface area contributed by atoms with Crippen molar-refractivity contribution < 1.29 is 14.6 Å². The van der Waals surface area contributed by atoms with E-state index in [-0.39, 0.29) is 18.6 Å². The van der Waals surface area contributed by atoms with Crippen LogP contribution in [0.3, 0.4) is 0 Å². The zero-order valence-electron chi connectivity index (χ0n) is 12.2. The molecule has 1 saturated heterocycles. The van der Waals surface area contributed by atoms with Crippen LogP contribution in [0.2, 0.25) is 0 Å². The van der Waals surface area contributed by atoms with Gasteiger partial charge in [0.05, 0.1) is 6.61 Å². The van der Waals surface area contributed by atoms with E-state index in [0.29, 0.717) is 25.3 Å². The number of amides is 1. The maximum Gasteiger partial charge on any atom is 0.272 e. The van der Waals surface area contributed by atoms with Gasteiger partial charge in [0, 0.05) is 44.5 Å². The van der Waals surface area contributed by atoms with E-state index in [2.05, 4.69) is 16.8 Å². The third-order valence-corrected chi connectivity index (χ3v) is 3.51. The highest BCUT2D eigenvalue weighted by Gasteiger charge is 2.23. The number of ether oxygens (including phenoxy) is 1. The maximum atomic E-state index is 12.4. The first kappa shape index (κ1) is 15.5. The highest BCUT2D eigenvalue weighted by atomic mass is 16.5. The Hall–Kier alpha value is -1.90. The Morgan fingerprint density at radius 3 is 2.86 bits per heavy atom. The molecular weight excluding hydrogens is 268 g/mol. The quantitative estimate of drug-likeness (QED) is 0.845. The molecule has 2 heterocycles. The monoisotopic (exact) mass is 288 g/mol. The number of hydrogen-bond acceptors (Lipinski definition) is 4. The van der Waals surface area contributed by atoms with Gasteiger partial charge < -0.3 is 14.7 Å². The summed E-state index contributed by atoms with van der Waals surface area (Å²) in [4.78, 5) is 18.3. The smallest absolute Gasteiger partial charge is 0.272 e. The molecule has 0 aromatic carbocycles. The van der Waals surface area contributed by atoms with Gasteiger partial charge in [-0.2, -0.15) is 0 Å². The second-order valence-corrected chi connectivity index (χ2v) is 4.97. The zero-order valence-corrected chi connectivity index (χ0v) is 12.2. The van der Waals surface area contributed by atoms with Gasteiger partial charge in [-0.3, -0.25) is 4.79 Å². The van der Waals surface area contributed by atoms with E-state index >= 15 is 0 Å². The highest BCUT2D eigenvalue weighted by Crippen LogP contribution is 2.15. The van der Waals surface area contributed by atoms with Crippen molar-refractivity contribution >= 4 is 5.91 Å². The van der Waals surface area contributed by atoms with E-state index in [4.69, 9.17) is 9.84 Å². The summed E-state index contributed by atoms with van der Waals surface area (Å²) in [5.41, 5.74) is 1.17. The van der Waals surface area contributed by atoms with Crippen LogP contribution >= 0.6 is 0 Å².